The second kappa shape index (κ2) is 9.27. The van der Waals surface area contributed by atoms with Gasteiger partial charge in [-0.1, -0.05) is 12.8 Å². The number of ketones is 1. The van der Waals surface area contributed by atoms with Gasteiger partial charge in [0.25, 0.3) is 5.91 Å². The van der Waals surface area contributed by atoms with Crippen molar-refractivity contribution in [2.24, 2.45) is 0 Å². The number of furan rings is 1. The first-order chi connectivity index (χ1) is 12.5. The van der Waals surface area contributed by atoms with Gasteiger partial charge in [-0.3, -0.25) is 9.59 Å². The number of aliphatic hydroxyl groups is 1. The molecule has 0 radical (unpaired) electrons. The number of carbonyl (C=O) groups is 2. The molecular weight excluding hydrogens is 330 g/mol. The van der Waals surface area contributed by atoms with E-state index in [9.17, 15) is 14.7 Å². The molecule has 0 saturated heterocycles. The maximum Gasteiger partial charge on any atom is 0.251 e. The second-order valence-corrected chi connectivity index (χ2v) is 5.57. The Kier molecular flexibility index (Phi) is 6.79. The first-order valence-electron chi connectivity index (χ1n) is 8.18. The standard InChI is InChI=1S/C21H19NO4/c1-3-19(24)20(15(2)23)22-21(25)17-12-10-16(11-13-17)7-4-5-8-18-9-6-14-26-18/h6,9-15,20,23H,3H2,1-2H3,(H,22,25)/t15-,20-/m0/s1. The Morgan fingerprint density at radius 1 is 1.15 bits per heavy atom. The summed E-state index contributed by atoms with van der Waals surface area (Å²) in [5.41, 5.74) is 1.08. The van der Waals surface area contributed by atoms with Crippen LogP contribution in [0.5, 0.6) is 0 Å². The number of rotatable bonds is 5. The average Bonchev–Trinajstić information content (AvgIpc) is 3.16. The van der Waals surface area contributed by atoms with Crippen molar-refractivity contribution in [3.05, 3.63) is 59.5 Å². The van der Waals surface area contributed by atoms with E-state index in [1.807, 2.05) is 0 Å². The third-order valence-corrected chi connectivity index (χ3v) is 3.59. The van der Waals surface area contributed by atoms with E-state index in [0.29, 0.717) is 16.9 Å². The predicted octanol–water partition coefficient (Wildman–Crippen LogP) is 2.14. The van der Waals surface area contributed by atoms with Gasteiger partial charge < -0.3 is 14.8 Å². The lowest BCUT2D eigenvalue weighted by Gasteiger charge is -2.19. The summed E-state index contributed by atoms with van der Waals surface area (Å²) < 4.78 is 5.07. The van der Waals surface area contributed by atoms with Gasteiger partial charge in [0.2, 0.25) is 0 Å². The molecule has 0 aliphatic rings. The van der Waals surface area contributed by atoms with Gasteiger partial charge in [0.15, 0.2) is 11.5 Å². The van der Waals surface area contributed by atoms with E-state index >= 15 is 0 Å². The Bertz CT molecular complexity index is 872. The Hall–Kier alpha value is -3.28. The molecule has 5 heteroatoms. The number of Topliss-reactive ketones (excluding diaryl/α,β-unsaturated/α-hetero) is 1. The van der Waals surface area contributed by atoms with Crippen LogP contribution in [0, 0.1) is 23.7 Å². The lowest BCUT2D eigenvalue weighted by atomic mass is 10.0. The summed E-state index contributed by atoms with van der Waals surface area (Å²) in [4.78, 5) is 24.0. The molecular formula is C21H19NO4. The normalized spacial score (nSPS) is 12.0. The Balaban J connectivity index is 2.02. The summed E-state index contributed by atoms with van der Waals surface area (Å²) in [7, 11) is 0. The monoisotopic (exact) mass is 349 g/mol. The fourth-order valence-electron chi connectivity index (χ4n) is 2.17. The van der Waals surface area contributed by atoms with Gasteiger partial charge in [-0.15, -0.1) is 0 Å². The van der Waals surface area contributed by atoms with Gasteiger partial charge in [-0.25, -0.2) is 0 Å². The number of nitrogens with one attached hydrogen (secondary N) is 1. The molecule has 1 aromatic heterocycles. The highest BCUT2D eigenvalue weighted by Crippen LogP contribution is 2.06. The van der Waals surface area contributed by atoms with E-state index < -0.39 is 18.1 Å². The number of hydrogen-bond donors (Lipinski definition) is 2. The van der Waals surface area contributed by atoms with Crippen molar-refractivity contribution in [3.8, 4) is 23.7 Å². The number of benzene rings is 1. The van der Waals surface area contributed by atoms with Gasteiger partial charge >= 0.3 is 0 Å². The molecule has 1 aromatic carbocycles. The summed E-state index contributed by atoms with van der Waals surface area (Å²) in [5, 5.41) is 12.2. The fourth-order valence-corrected chi connectivity index (χ4v) is 2.17. The van der Waals surface area contributed by atoms with Crippen LogP contribution in [-0.4, -0.2) is 28.9 Å². The van der Waals surface area contributed by atoms with Crippen LogP contribution < -0.4 is 5.32 Å². The zero-order chi connectivity index (χ0) is 18.9. The van der Waals surface area contributed by atoms with E-state index in [1.54, 1.807) is 43.3 Å². The van der Waals surface area contributed by atoms with Crippen LogP contribution in [0.4, 0.5) is 0 Å². The van der Waals surface area contributed by atoms with Crippen molar-refractivity contribution in [2.75, 3.05) is 0 Å². The molecule has 1 amide bonds. The molecule has 132 valence electrons. The van der Waals surface area contributed by atoms with E-state index in [2.05, 4.69) is 29.0 Å². The molecule has 5 nitrogen and oxygen atoms in total. The second-order valence-electron chi connectivity index (χ2n) is 5.57. The topological polar surface area (TPSA) is 79.5 Å². The molecule has 1 heterocycles. The quantitative estimate of drug-likeness (QED) is 0.811. The van der Waals surface area contributed by atoms with Crippen molar-refractivity contribution in [1.82, 2.24) is 5.32 Å². The Morgan fingerprint density at radius 3 is 2.42 bits per heavy atom. The number of amides is 1. The lowest BCUT2D eigenvalue weighted by molar-refractivity contribution is -0.122. The first kappa shape index (κ1) is 19.1. The third-order valence-electron chi connectivity index (χ3n) is 3.59. The summed E-state index contributed by atoms with van der Waals surface area (Å²) in [6.07, 6.45) is 0.824. The van der Waals surface area contributed by atoms with Crippen molar-refractivity contribution in [3.63, 3.8) is 0 Å². The highest BCUT2D eigenvalue weighted by molar-refractivity contribution is 5.98. The van der Waals surface area contributed by atoms with Crippen LogP contribution in [0.1, 0.15) is 41.9 Å². The summed E-state index contributed by atoms with van der Waals surface area (Å²) >= 11 is 0. The molecule has 0 unspecified atom stereocenters. The summed E-state index contributed by atoms with van der Waals surface area (Å²) in [6, 6.07) is 9.17. The molecule has 0 bridgehead atoms. The van der Waals surface area contributed by atoms with Crippen molar-refractivity contribution in [2.45, 2.75) is 32.4 Å². The molecule has 2 aromatic rings. The minimum absolute atomic E-state index is 0.217. The third kappa shape index (κ3) is 5.37. The van der Waals surface area contributed by atoms with Crippen LogP contribution in [0.3, 0.4) is 0 Å². The maximum atomic E-state index is 12.2. The highest BCUT2D eigenvalue weighted by atomic mass is 16.3. The SMILES string of the molecule is CCC(=O)[C@@H](NC(=O)c1ccc(C#CC#Cc2ccco2)cc1)[C@H](C)O. The van der Waals surface area contributed by atoms with Crippen LogP contribution in [-0.2, 0) is 4.79 Å². The molecule has 2 N–H and O–H groups in total. The van der Waals surface area contributed by atoms with Crippen LogP contribution in [0.25, 0.3) is 0 Å². The molecule has 0 saturated carbocycles. The summed E-state index contributed by atoms with van der Waals surface area (Å²) in [6.45, 7) is 3.16. The van der Waals surface area contributed by atoms with E-state index in [0.717, 1.165) is 0 Å². The van der Waals surface area contributed by atoms with Crippen molar-refractivity contribution < 1.29 is 19.1 Å². The lowest BCUT2D eigenvalue weighted by Crippen LogP contribution is -2.47. The molecule has 0 aliphatic carbocycles. The largest absolute Gasteiger partial charge is 0.456 e. The van der Waals surface area contributed by atoms with Gasteiger partial charge in [0, 0.05) is 17.5 Å². The average molecular weight is 349 g/mol. The Labute approximate surface area is 152 Å². The molecule has 26 heavy (non-hydrogen) atoms. The van der Waals surface area contributed by atoms with Gasteiger partial charge in [0.05, 0.1) is 12.4 Å². The van der Waals surface area contributed by atoms with Gasteiger partial charge in [0.1, 0.15) is 6.04 Å². The number of hydrogen-bond acceptors (Lipinski definition) is 4. The van der Waals surface area contributed by atoms with E-state index in [4.69, 9.17) is 4.42 Å². The van der Waals surface area contributed by atoms with Gasteiger partial charge in [-0.05, 0) is 61.1 Å². The first-order valence-corrected chi connectivity index (χ1v) is 8.18. The zero-order valence-electron chi connectivity index (χ0n) is 14.6. The van der Waals surface area contributed by atoms with Gasteiger partial charge in [-0.2, -0.15) is 0 Å². The predicted molar refractivity (Wildman–Crippen MR) is 97.1 cm³/mol. The zero-order valence-corrected chi connectivity index (χ0v) is 14.6. The molecule has 0 fully saturated rings. The Morgan fingerprint density at radius 2 is 1.85 bits per heavy atom. The molecule has 0 aliphatic heterocycles. The van der Waals surface area contributed by atoms with Crippen LogP contribution in [0.15, 0.2) is 47.1 Å². The van der Waals surface area contributed by atoms with Crippen LogP contribution in [0.2, 0.25) is 0 Å². The molecule has 2 rings (SSSR count). The van der Waals surface area contributed by atoms with Crippen molar-refractivity contribution in [1.29, 1.82) is 0 Å². The van der Waals surface area contributed by atoms with E-state index in [1.165, 1.54) is 13.2 Å². The molecule has 0 spiro atoms. The minimum atomic E-state index is -0.954. The smallest absolute Gasteiger partial charge is 0.251 e. The highest BCUT2D eigenvalue weighted by Gasteiger charge is 2.24. The maximum absolute atomic E-state index is 12.2. The number of carbonyl (C=O) groups excluding carboxylic acids is 2. The minimum Gasteiger partial charge on any atom is -0.456 e. The summed E-state index contributed by atoms with van der Waals surface area (Å²) in [5.74, 6) is 10.9. The fraction of sp³-hybridized carbons (Fsp3) is 0.238. The van der Waals surface area contributed by atoms with E-state index in [-0.39, 0.29) is 12.2 Å². The van der Waals surface area contributed by atoms with Crippen LogP contribution >= 0.6 is 0 Å². The number of aliphatic hydroxyl groups excluding tert-OH is 1. The molecule has 2 atom stereocenters. The van der Waals surface area contributed by atoms with Crippen molar-refractivity contribution >= 4 is 11.7 Å².